The third-order valence-electron chi connectivity index (χ3n) is 4.02. The van der Waals surface area contributed by atoms with Crippen LogP contribution in [0.15, 0.2) is 42.6 Å². The smallest absolute Gasteiger partial charge is 0.422 e. The lowest BCUT2D eigenvalue weighted by molar-refractivity contribution is -0.154. The summed E-state index contributed by atoms with van der Waals surface area (Å²) >= 11 is 0. The molecule has 1 aromatic carbocycles. The molecule has 0 unspecified atom stereocenters. The van der Waals surface area contributed by atoms with E-state index in [9.17, 15) is 18.0 Å². The average Bonchev–Trinajstić information content (AvgIpc) is 3.00. The first kappa shape index (κ1) is 18.0. The number of benzene rings is 1. The van der Waals surface area contributed by atoms with Gasteiger partial charge in [0.15, 0.2) is 6.61 Å². The fourth-order valence-corrected chi connectivity index (χ4v) is 2.87. The second-order valence-electron chi connectivity index (χ2n) is 6.11. The quantitative estimate of drug-likeness (QED) is 0.856. The van der Waals surface area contributed by atoms with Crippen molar-refractivity contribution in [3.05, 3.63) is 59.3 Å². The maximum Gasteiger partial charge on any atom is 0.422 e. The zero-order valence-corrected chi connectivity index (χ0v) is 13.8. The number of aromatic nitrogens is 1. The summed E-state index contributed by atoms with van der Waals surface area (Å²) in [6.07, 6.45) is -1.51. The minimum Gasteiger partial charge on any atom is -0.468 e. The molecule has 3 rings (SSSR count). The number of hydrogen-bond acceptors (Lipinski definition) is 3. The van der Waals surface area contributed by atoms with Crippen LogP contribution in [0, 0.1) is 0 Å². The average molecular weight is 365 g/mol. The number of fused-ring (bicyclic) bond motifs is 1. The van der Waals surface area contributed by atoms with Gasteiger partial charge in [-0.2, -0.15) is 13.2 Å². The number of urea groups is 1. The number of amides is 2. The summed E-state index contributed by atoms with van der Waals surface area (Å²) in [5.74, 6) is -0.131. The highest BCUT2D eigenvalue weighted by Crippen LogP contribution is 2.21. The van der Waals surface area contributed by atoms with Crippen LogP contribution >= 0.6 is 0 Å². The van der Waals surface area contributed by atoms with Gasteiger partial charge < -0.3 is 15.4 Å². The third kappa shape index (κ3) is 5.11. The van der Waals surface area contributed by atoms with Crippen LogP contribution in [0.5, 0.6) is 5.88 Å². The Hall–Kier alpha value is -2.77. The molecule has 1 aromatic heterocycles. The molecule has 0 aliphatic heterocycles. The van der Waals surface area contributed by atoms with Gasteiger partial charge in [0, 0.05) is 24.8 Å². The predicted molar refractivity (Wildman–Crippen MR) is 88.8 cm³/mol. The van der Waals surface area contributed by atoms with Crippen LogP contribution in [0.2, 0.25) is 0 Å². The molecule has 0 bridgehead atoms. The number of pyridine rings is 1. The minimum absolute atomic E-state index is 0.0375. The van der Waals surface area contributed by atoms with E-state index in [1.54, 1.807) is 6.07 Å². The second kappa shape index (κ2) is 7.63. The van der Waals surface area contributed by atoms with E-state index in [4.69, 9.17) is 0 Å². The largest absolute Gasteiger partial charge is 0.468 e. The van der Waals surface area contributed by atoms with Crippen LogP contribution in [0.4, 0.5) is 18.0 Å². The molecule has 0 fully saturated rings. The lowest BCUT2D eigenvalue weighted by atomic mass is 10.1. The first-order chi connectivity index (χ1) is 12.4. The van der Waals surface area contributed by atoms with Crippen LogP contribution < -0.4 is 15.4 Å². The molecule has 2 amide bonds. The van der Waals surface area contributed by atoms with Crippen molar-refractivity contribution in [3.63, 3.8) is 0 Å². The van der Waals surface area contributed by atoms with Crippen LogP contribution in [0.1, 0.15) is 16.7 Å². The lowest BCUT2D eigenvalue weighted by Crippen LogP contribution is -2.42. The van der Waals surface area contributed by atoms with Crippen molar-refractivity contribution in [1.29, 1.82) is 0 Å². The number of carbonyl (C=O) groups is 1. The molecule has 0 radical (unpaired) electrons. The predicted octanol–water partition coefficient (Wildman–Crippen LogP) is 2.99. The first-order valence-electron chi connectivity index (χ1n) is 8.15. The number of rotatable bonds is 5. The molecule has 5 nitrogen and oxygen atoms in total. The Labute approximate surface area is 148 Å². The second-order valence-corrected chi connectivity index (χ2v) is 6.11. The Morgan fingerprint density at radius 1 is 1.19 bits per heavy atom. The number of ether oxygens (including phenoxy) is 1. The van der Waals surface area contributed by atoms with E-state index in [2.05, 4.69) is 20.4 Å². The van der Waals surface area contributed by atoms with Gasteiger partial charge in [-0.05, 0) is 35.6 Å². The number of nitrogens with zero attached hydrogens (tertiary/aromatic N) is 1. The van der Waals surface area contributed by atoms with E-state index >= 15 is 0 Å². The van der Waals surface area contributed by atoms with Crippen LogP contribution in [-0.4, -0.2) is 29.8 Å². The zero-order valence-electron chi connectivity index (χ0n) is 13.8. The molecule has 2 aromatic rings. The van der Waals surface area contributed by atoms with Gasteiger partial charge in [0.25, 0.3) is 0 Å². The Morgan fingerprint density at radius 2 is 1.88 bits per heavy atom. The van der Waals surface area contributed by atoms with Gasteiger partial charge >= 0.3 is 12.2 Å². The molecule has 0 saturated heterocycles. The van der Waals surface area contributed by atoms with E-state index in [-0.39, 0.29) is 24.5 Å². The van der Waals surface area contributed by atoms with E-state index in [1.165, 1.54) is 23.4 Å². The summed E-state index contributed by atoms with van der Waals surface area (Å²) in [6.45, 7) is -1.24. The monoisotopic (exact) mass is 365 g/mol. The Bertz CT molecular complexity index is 755. The van der Waals surface area contributed by atoms with Gasteiger partial charge in [-0.25, -0.2) is 9.78 Å². The molecular formula is C18H18F3N3O2. The molecule has 8 heteroatoms. The maximum atomic E-state index is 12.2. The van der Waals surface area contributed by atoms with E-state index < -0.39 is 12.8 Å². The van der Waals surface area contributed by atoms with Gasteiger partial charge in [0.1, 0.15) is 0 Å². The summed E-state index contributed by atoms with van der Waals surface area (Å²) in [5.41, 5.74) is 3.07. The Balaban J connectivity index is 1.46. The molecule has 1 heterocycles. The van der Waals surface area contributed by atoms with Crippen molar-refractivity contribution in [2.75, 3.05) is 6.61 Å². The highest BCUT2D eigenvalue weighted by molar-refractivity contribution is 5.74. The fraction of sp³-hybridized carbons (Fsp3) is 0.333. The van der Waals surface area contributed by atoms with Crippen molar-refractivity contribution in [2.24, 2.45) is 0 Å². The molecule has 0 spiro atoms. The van der Waals surface area contributed by atoms with E-state index in [0.29, 0.717) is 5.56 Å². The molecule has 0 atom stereocenters. The van der Waals surface area contributed by atoms with Crippen molar-refractivity contribution in [3.8, 4) is 5.88 Å². The Kier molecular flexibility index (Phi) is 5.29. The first-order valence-corrected chi connectivity index (χ1v) is 8.15. The van der Waals surface area contributed by atoms with Crippen LogP contribution in [0.3, 0.4) is 0 Å². The number of carbonyl (C=O) groups excluding carboxylic acids is 1. The standard InChI is InChI=1S/C18H18F3N3O2/c19-18(20,21)11-26-16-7-12(5-6-22-16)10-23-17(25)24-15-8-13-3-1-2-4-14(13)9-15/h1-7,15H,8-11H2,(H2,23,24,25). The molecule has 0 saturated carbocycles. The Morgan fingerprint density at radius 3 is 2.54 bits per heavy atom. The van der Waals surface area contributed by atoms with Gasteiger partial charge in [0.2, 0.25) is 5.88 Å². The number of hydrogen-bond donors (Lipinski definition) is 2. The van der Waals surface area contributed by atoms with Crippen molar-refractivity contribution in [2.45, 2.75) is 31.6 Å². The van der Waals surface area contributed by atoms with Crippen LogP contribution in [0.25, 0.3) is 0 Å². The third-order valence-corrected chi connectivity index (χ3v) is 4.02. The van der Waals surface area contributed by atoms with Crippen LogP contribution in [-0.2, 0) is 19.4 Å². The number of alkyl halides is 3. The highest BCUT2D eigenvalue weighted by atomic mass is 19.4. The minimum atomic E-state index is -4.42. The number of nitrogens with one attached hydrogen (secondary N) is 2. The maximum absolute atomic E-state index is 12.2. The SMILES string of the molecule is O=C(NCc1ccnc(OCC(F)(F)F)c1)NC1Cc2ccccc2C1. The number of halogens is 3. The van der Waals surface area contributed by atoms with E-state index in [1.807, 2.05) is 24.3 Å². The molecule has 2 N–H and O–H groups in total. The fourth-order valence-electron chi connectivity index (χ4n) is 2.87. The molecule has 26 heavy (non-hydrogen) atoms. The zero-order chi connectivity index (χ0) is 18.6. The summed E-state index contributed by atoms with van der Waals surface area (Å²) < 4.78 is 41.1. The van der Waals surface area contributed by atoms with Gasteiger partial charge in [0.05, 0.1) is 0 Å². The summed E-state index contributed by atoms with van der Waals surface area (Å²) in [7, 11) is 0. The molecular weight excluding hydrogens is 347 g/mol. The highest BCUT2D eigenvalue weighted by Gasteiger charge is 2.28. The van der Waals surface area contributed by atoms with E-state index in [0.717, 1.165) is 12.8 Å². The van der Waals surface area contributed by atoms with Gasteiger partial charge in [-0.1, -0.05) is 24.3 Å². The summed E-state index contributed by atoms with van der Waals surface area (Å²) in [4.78, 5) is 15.8. The topological polar surface area (TPSA) is 63.2 Å². The summed E-state index contributed by atoms with van der Waals surface area (Å²) in [5, 5.41) is 5.61. The molecule has 138 valence electrons. The van der Waals surface area contributed by atoms with Crippen molar-refractivity contribution in [1.82, 2.24) is 15.6 Å². The lowest BCUT2D eigenvalue weighted by Gasteiger charge is -2.13. The van der Waals surface area contributed by atoms with Crippen molar-refractivity contribution >= 4 is 6.03 Å². The van der Waals surface area contributed by atoms with Gasteiger partial charge in [-0.15, -0.1) is 0 Å². The van der Waals surface area contributed by atoms with Crippen molar-refractivity contribution < 1.29 is 22.7 Å². The summed E-state index contributed by atoms with van der Waals surface area (Å²) in [6, 6.07) is 10.7. The molecule has 1 aliphatic rings. The van der Waals surface area contributed by atoms with Gasteiger partial charge in [-0.3, -0.25) is 0 Å². The normalized spacial score (nSPS) is 14.0. The molecule has 1 aliphatic carbocycles.